The zero-order valence-corrected chi connectivity index (χ0v) is 13.6. The normalized spacial score (nSPS) is 20.3. The highest BCUT2D eigenvalue weighted by molar-refractivity contribution is 7.89. The molecule has 1 aromatic carbocycles. The van der Waals surface area contributed by atoms with E-state index in [1.54, 1.807) is 0 Å². The third-order valence-electron chi connectivity index (χ3n) is 3.50. The number of benzene rings is 1. The lowest BCUT2D eigenvalue weighted by atomic mass is 10.2. The molecular formula is C13H19ClFN3O2S. The SMILES string of the molecule is CN(C)CC1CCCN1S(=O)(=O)c1cc(N)cc(Cl)c1F. The van der Waals surface area contributed by atoms with Gasteiger partial charge in [0.05, 0.1) is 5.02 Å². The molecule has 1 heterocycles. The summed E-state index contributed by atoms with van der Waals surface area (Å²) < 4.78 is 40.9. The Morgan fingerprint density at radius 3 is 2.76 bits per heavy atom. The van der Waals surface area contributed by atoms with Gasteiger partial charge in [-0.1, -0.05) is 11.6 Å². The van der Waals surface area contributed by atoms with Gasteiger partial charge in [0.15, 0.2) is 5.82 Å². The van der Waals surface area contributed by atoms with Crippen LogP contribution < -0.4 is 5.73 Å². The van der Waals surface area contributed by atoms with Crippen LogP contribution in [-0.4, -0.2) is 50.8 Å². The Balaban J connectivity index is 2.42. The Bertz CT molecular complexity index is 637. The average Bonchev–Trinajstić information content (AvgIpc) is 2.81. The van der Waals surface area contributed by atoms with Crippen molar-refractivity contribution in [3.05, 3.63) is 23.0 Å². The number of nitrogen functional groups attached to an aromatic ring is 1. The highest BCUT2D eigenvalue weighted by Gasteiger charge is 2.37. The van der Waals surface area contributed by atoms with Gasteiger partial charge in [-0.15, -0.1) is 0 Å². The van der Waals surface area contributed by atoms with Gasteiger partial charge in [-0.25, -0.2) is 12.8 Å². The third-order valence-corrected chi connectivity index (χ3v) is 5.73. The monoisotopic (exact) mass is 335 g/mol. The molecule has 1 unspecified atom stereocenters. The second kappa shape index (κ2) is 6.08. The lowest BCUT2D eigenvalue weighted by molar-refractivity contribution is 0.290. The van der Waals surface area contributed by atoms with Crippen LogP contribution in [0.4, 0.5) is 10.1 Å². The largest absolute Gasteiger partial charge is 0.399 e. The van der Waals surface area contributed by atoms with Crippen LogP contribution in [-0.2, 0) is 10.0 Å². The maximum absolute atomic E-state index is 14.1. The van der Waals surface area contributed by atoms with E-state index in [-0.39, 0.29) is 16.8 Å². The van der Waals surface area contributed by atoms with Crippen molar-refractivity contribution in [3.8, 4) is 0 Å². The van der Waals surface area contributed by atoms with Gasteiger partial charge in [0, 0.05) is 24.8 Å². The van der Waals surface area contributed by atoms with Crippen molar-refractivity contribution in [2.24, 2.45) is 0 Å². The first kappa shape index (κ1) is 16.5. The molecule has 2 rings (SSSR count). The molecule has 1 aromatic rings. The minimum absolute atomic E-state index is 0.128. The van der Waals surface area contributed by atoms with E-state index in [4.69, 9.17) is 17.3 Å². The van der Waals surface area contributed by atoms with E-state index >= 15 is 0 Å². The number of likely N-dealkylation sites (N-methyl/N-ethyl adjacent to an activating group) is 1. The maximum atomic E-state index is 14.1. The van der Waals surface area contributed by atoms with Gasteiger partial charge < -0.3 is 10.6 Å². The molecule has 0 aromatic heterocycles. The molecule has 1 fully saturated rings. The van der Waals surface area contributed by atoms with E-state index in [0.717, 1.165) is 18.9 Å². The molecule has 0 spiro atoms. The quantitative estimate of drug-likeness (QED) is 0.852. The van der Waals surface area contributed by atoms with E-state index in [1.165, 1.54) is 10.4 Å². The van der Waals surface area contributed by atoms with Crippen molar-refractivity contribution >= 4 is 27.3 Å². The lowest BCUT2D eigenvalue weighted by Gasteiger charge is -2.26. The van der Waals surface area contributed by atoms with Crippen LogP contribution in [0.2, 0.25) is 5.02 Å². The fraction of sp³-hybridized carbons (Fsp3) is 0.538. The molecule has 5 nitrogen and oxygen atoms in total. The van der Waals surface area contributed by atoms with Gasteiger partial charge in [0.25, 0.3) is 0 Å². The smallest absolute Gasteiger partial charge is 0.246 e. The molecule has 21 heavy (non-hydrogen) atoms. The first-order valence-electron chi connectivity index (χ1n) is 6.64. The molecule has 0 aliphatic carbocycles. The summed E-state index contributed by atoms with van der Waals surface area (Å²) in [6, 6.07) is 2.17. The Labute approximate surface area is 129 Å². The van der Waals surface area contributed by atoms with E-state index in [1.807, 2.05) is 19.0 Å². The van der Waals surface area contributed by atoms with E-state index in [9.17, 15) is 12.8 Å². The zero-order chi connectivity index (χ0) is 15.8. The summed E-state index contributed by atoms with van der Waals surface area (Å²) in [5.41, 5.74) is 5.72. The standard InChI is InChI=1S/C13H19ClFN3O2S/c1-17(2)8-10-4-3-5-18(10)21(19,20)12-7-9(16)6-11(14)13(12)15/h6-7,10H,3-5,8,16H2,1-2H3. The predicted octanol–water partition coefficient (Wildman–Crippen LogP) is 1.78. The van der Waals surface area contributed by atoms with Crippen molar-refractivity contribution < 1.29 is 12.8 Å². The van der Waals surface area contributed by atoms with Gasteiger partial charge in [-0.3, -0.25) is 0 Å². The second-order valence-electron chi connectivity index (χ2n) is 5.49. The molecule has 1 saturated heterocycles. The minimum atomic E-state index is -3.94. The molecule has 8 heteroatoms. The molecule has 0 bridgehead atoms. The van der Waals surface area contributed by atoms with Crippen LogP contribution in [0.5, 0.6) is 0 Å². The highest BCUT2D eigenvalue weighted by Crippen LogP contribution is 2.31. The number of rotatable bonds is 4. The maximum Gasteiger partial charge on any atom is 0.246 e. The van der Waals surface area contributed by atoms with Crippen LogP contribution in [0.25, 0.3) is 0 Å². The molecule has 0 saturated carbocycles. The topological polar surface area (TPSA) is 66.6 Å². The summed E-state index contributed by atoms with van der Waals surface area (Å²) in [5.74, 6) is -0.943. The number of nitrogens with zero attached hydrogens (tertiary/aromatic N) is 2. The Kier molecular flexibility index (Phi) is 4.77. The number of anilines is 1. The molecule has 0 amide bonds. The number of hydrogen-bond acceptors (Lipinski definition) is 4. The fourth-order valence-corrected chi connectivity index (χ4v) is 4.72. The lowest BCUT2D eigenvalue weighted by Crippen LogP contribution is -2.41. The van der Waals surface area contributed by atoms with Gasteiger partial charge in [-0.05, 0) is 39.1 Å². The first-order chi connectivity index (χ1) is 9.73. The first-order valence-corrected chi connectivity index (χ1v) is 8.46. The molecule has 1 aliphatic heterocycles. The van der Waals surface area contributed by atoms with E-state index < -0.39 is 20.7 Å². The third kappa shape index (κ3) is 3.31. The number of hydrogen-bond donors (Lipinski definition) is 1. The molecule has 1 atom stereocenters. The van der Waals surface area contributed by atoms with Crippen LogP contribution >= 0.6 is 11.6 Å². The van der Waals surface area contributed by atoms with Crippen molar-refractivity contribution in [3.63, 3.8) is 0 Å². The van der Waals surface area contributed by atoms with Crippen LogP contribution in [0, 0.1) is 5.82 Å². The summed E-state index contributed by atoms with van der Waals surface area (Å²) in [6.07, 6.45) is 1.52. The van der Waals surface area contributed by atoms with E-state index in [0.29, 0.717) is 13.1 Å². The summed E-state index contributed by atoms with van der Waals surface area (Å²) in [5, 5.41) is -0.281. The fourth-order valence-electron chi connectivity index (χ4n) is 2.63. The zero-order valence-electron chi connectivity index (χ0n) is 12.0. The second-order valence-corrected chi connectivity index (χ2v) is 7.76. The Morgan fingerprint density at radius 2 is 2.14 bits per heavy atom. The predicted molar refractivity (Wildman–Crippen MR) is 81.3 cm³/mol. The molecule has 2 N–H and O–H groups in total. The molecule has 1 aliphatic rings. The van der Waals surface area contributed by atoms with Crippen LogP contribution in [0.3, 0.4) is 0 Å². The summed E-state index contributed by atoms with van der Waals surface area (Å²) in [4.78, 5) is 1.47. The van der Waals surface area contributed by atoms with Gasteiger partial charge in [-0.2, -0.15) is 4.31 Å². The van der Waals surface area contributed by atoms with Gasteiger partial charge >= 0.3 is 0 Å². The molecule has 118 valence electrons. The van der Waals surface area contributed by atoms with E-state index in [2.05, 4.69) is 0 Å². The van der Waals surface area contributed by atoms with Crippen molar-refractivity contribution in [1.82, 2.24) is 9.21 Å². The van der Waals surface area contributed by atoms with Crippen molar-refractivity contribution in [1.29, 1.82) is 0 Å². The van der Waals surface area contributed by atoms with Crippen molar-refractivity contribution in [2.75, 3.05) is 32.9 Å². The molecular weight excluding hydrogens is 317 g/mol. The number of nitrogens with two attached hydrogens (primary N) is 1. The average molecular weight is 336 g/mol. The Hall–Kier alpha value is -0.890. The number of sulfonamides is 1. The minimum Gasteiger partial charge on any atom is -0.399 e. The van der Waals surface area contributed by atoms with Crippen molar-refractivity contribution in [2.45, 2.75) is 23.8 Å². The van der Waals surface area contributed by atoms with Crippen LogP contribution in [0.1, 0.15) is 12.8 Å². The van der Waals surface area contributed by atoms with Gasteiger partial charge in [0.2, 0.25) is 10.0 Å². The number of halogens is 2. The molecule has 0 radical (unpaired) electrons. The Morgan fingerprint density at radius 1 is 1.48 bits per heavy atom. The summed E-state index contributed by atoms with van der Waals surface area (Å²) >= 11 is 5.71. The summed E-state index contributed by atoms with van der Waals surface area (Å²) in [7, 11) is -0.190. The summed E-state index contributed by atoms with van der Waals surface area (Å²) in [6.45, 7) is 0.976. The highest BCUT2D eigenvalue weighted by atomic mass is 35.5. The van der Waals surface area contributed by atoms with Gasteiger partial charge in [0.1, 0.15) is 4.90 Å². The van der Waals surface area contributed by atoms with Crippen LogP contribution in [0.15, 0.2) is 17.0 Å².